The zero-order chi connectivity index (χ0) is 17.3. The first-order chi connectivity index (χ1) is 11.4. The van der Waals surface area contributed by atoms with Gasteiger partial charge in [0.15, 0.2) is 5.82 Å². The highest BCUT2D eigenvalue weighted by Gasteiger charge is 2.20. The number of hydrogen-bond donors (Lipinski definition) is 2. The maximum Gasteiger partial charge on any atom is 0.261 e. The molecule has 1 aliphatic carbocycles. The van der Waals surface area contributed by atoms with E-state index in [2.05, 4.69) is 27.2 Å². The van der Waals surface area contributed by atoms with E-state index in [-0.39, 0.29) is 18.4 Å². The lowest BCUT2D eigenvalue weighted by Crippen LogP contribution is -2.24. The molecule has 3 rings (SSSR count). The van der Waals surface area contributed by atoms with E-state index < -0.39 is 0 Å². The molecule has 0 radical (unpaired) electrons. The zero-order valence-corrected chi connectivity index (χ0v) is 15.0. The number of aromatic nitrogens is 3. The molecule has 0 saturated carbocycles. The van der Waals surface area contributed by atoms with Crippen molar-refractivity contribution in [2.45, 2.75) is 32.7 Å². The fourth-order valence-corrected chi connectivity index (χ4v) is 3.89. The Labute approximate surface area is 145 Å². The van der Waals surface area contributed by atoms with E-state index in [1.54, 1.807) is 16.2 Å². The number of fused-ring (bicyclic) bond motifs is 1. The molecule has 2 aromatic heterocycles. The second-order valence-corrected chi connectivity index (χ2v) is 7.53. The van der Waals surface area contributed by atoms with E-state index in [1.165, 1.54) is 16.9 Å². The van der Waals surface area contributed by atoms with E-state index in [1.807, 2.05) is 20.2 Å². The van der Waals surface area contributed by atoms with Crippen LogP contribution < -0.4 is 16.0 Å². The number of carbonyl (C=O) groups excluding carboxylic acids is 1. The molecule has 0 unspecified atom stereocenters. The summed E-state index contributed by atoms with van der Waals surface area (Å²) in [4.78, 5) is 28.7. The Bertz CT molecular complexity index is 757. The Balaban J connectivity index is 1.68. The topological polar surface area (TPSA) is 97.0 Å². The maximum absolute atomic E-state index is 12.4. The number of thiophene rings is 1. The standard InChI is InChI=1S/C16H22N6OS/c1-9-4-5-11-10(6-9)7-12(24-11)14(23)18-8-13-19-15(17)21-16(20-13)22(2)3/h7,9H,4-6,8H2,1-3H3,(H,18,23)(H2,17,19,20,21)/t9-/m1/s1. The second-order valence-electron chi connectivity index (χ2n) is 6.39. The van der Waals surface area contributed by atoms with Crippen LogP contribution in [0.2, 0.25) is 0 Å². The van der Waals surface area contributed by atoms with Gasteiger partial charge in [0.2, 0.25) is 11.9 Å². The SMILES string of the molecule is C[C@@H]1CCc2sc(C(=O)NCc3nc(N)nc(N(C)C)n3)cc2C1. The van der Waals surface area contributed by atoms with Crippen molar-refractivity contribution < 1.29 is 4.79 Å². The fourth-order valence-electron chi connectivity index (χ4n) is 2.77. The highest BCUT2D eigenvalue weighted by atomic mass is 32.1. The van der Waals surface area contributed by atoms with Gasteiger partial charge in [-0.2, -0.15) is 15.0 Å². The minimum atomic E-state index is -0.0903. The minimum absolute atomic E-state index is 0.0903. The molecule has 3 N–H and O–H groups in total. The van der Waals surface area contributed by atoms with Crippen LogP contribution >= 0.6 is 11.3 Å². The minimum Gasteiger partial charge on any atom is -0.368 e. The van der Waals surface area contributed by atoms with Crippen LogP contribution in [0.25, 0.3) is 0 Å². The van der Waals surface area contributed by atoms with Gasteiger partial charge < -0.3 is 16.0 Å². The third-order valence-electron chi connectivity index (χ3n) is 4.05. The molecule has 2 heterocycles. The number of carbonyl (C=O) groups is 1. The normalized spacial score (nSPS) is 16.5. The number of hydrogen-bond acceptors (Lipinski definition) is 7. The second kappa shape index (κ2) is 6.72. The summed E-state index contributed by atoms with van der Waals surface area (Å²) in [6, 6.07) is 2.03. The molecule has 0 spiro atoms. The van der Waals surface area contributed by atoms with Crippen LogP contribution in [0, 0.1) is 5.92 Å². The summed E-state index contributed by atoms with van der Waals surface area (Å²) in [5.74, 6) is 1.69. The summed E-state index contributed by atoms with van der Waals surface area (Å²) in [5, 5.41) is 2.87. The van der Waals surface area contributed by atoms with Crippen molar-refractivity contribution in [2.75, 3.05) is 24.7 Å². The summed E-state index contributed by atoms with van der Waals surface area (Å²) in [5.41, 5.74) is 7.02. The zero-order valence-electron chi connectivity index (χ0n) is 14.2. The molecule has 1 amide bonds. The number of nitrogen functional groups attached to an aromatic ring is 1. The third-order valence-corrected chi connectivity index (χ3v) is 5.28. The van der Waals surface area contributed by atoms with Crippen LogP contribution in [0.3, 0.4) is 0 Å². The van der Waals surface area contributed by atoms with Gasteiger partial charge >= 0.3 is 0 Å². The lowest BCUT2D eigenvalue weighted by molar-refractivity contribution is 0.0954. The third kappa shape index (κ3) is 3.64. The highest BCUT2D eigenvalue weighted by molar-refractivity contribution is 7.14. The molecule has 0 aromatic carbocycles. The van der Waals surface area contributed by atoms with Crippen LogP contribution in [0.1, 0.15) is 39.3 Å². The Hall–Kier alpha value is -2.22. The van der Waals surface area contributed by atoms with Crippen LogP contribution in [0.15, 0.2) is 6.07 Å². The largest absolute Gasteiger partial charge is 0.368 e. The molecule has 128 valence electrons. The van der Waals surface area contributed by atoms with E-state index >= 15 is 0 Å². The molecule has 7 nitrogen and oxygen atoms in total. The van der Waals surface area contributed by atoms with Crippen molar-refractivity contribution in [1.29, 1.82) is 0 Å². The first-order valence-corrected chi connectivity index (χ1v) is 8.81. The lowest BCUT2D eigenvalue weighted by Gasteiger charge is -2.16. The van der Waals surface area contributed by atoms with Crippen LogP contribution in [0.5, 0.6) is 0 Å². The summed E-state index contributed by atoms with van der Waals surface area (Å²) in [7, 11) is 3.66. The Morgan fingerprint density at radius 3 is 2.96 bits per heavy atom. The Kier molecular flexibility index (Phi) is 4.66. The molecule has 0 aliphatic heterocycles. The van der Waals surface area contributed by atoms with Crippen LogP contribution in [-0.4, -0.2) is 35.0 Å². The summed E-state index contributed by atoms with van der Waals surface area (Å²) in [6.07, 6.45) is 3.34. The molecule has 1 atom stereocenters. The molecule has 0 bridgehead atoms. The molecule has 24 heavy (non-hydrogen) atoms. The van der Waals surface area contributed by atoms with Gasteiger partial charge in [0.05, 0.1) is 11.4 Å². The predicted molar refractivity (Wildman–Crippen MR) is 95.2 cm³/mol. The fraction of sp³-hybridized carbons (Fsp3) is 0.500. The summed E-state index contributed by atoms with van der Waals surface area (Å²) in [6.45, 7) is 2.49. The first-order valence-electron chi connectivity index (χ1n) is 8.00. The van der Waals surface area contributed by atoms with Gasteiger partial charge in [-0.05, 0) is 36.8 Å². The number of nitrogens with zero attached hydrogens (tertiary/aromatic N) is 4. The summed E-state index contributed by atoms with van der Waals surface area (Å²) >= 11 is 1.59. The molecule has 2 aromatic rings. The van der Waals surface area contributed by atoms with E-state index in [4.69, 9.17) is 5.73 Å². The molecule has 0 fully saturated rings. The van der Waals surface area contributed by atoms with Crippen LogP contribution in [0.4, 0.5) is 11.9 Å². The van der Waals surface area contributed by atoms with E-state index in [9.17, 15) is 4.79 Å². The van der Waals surface area contributed by atoms with Gasteiger partial charge in [0.25, 0.3) is 5.91 Å². The number of aryl methyl sites for hydroxylation is 1. The van der Waals surface area contributed by atoms with E-state index in [0.29, 0.717) is 17.7 Å². The molecular formula is C16H22N6OS. The van der Waals surface area contributed by atoms with Crippen molar-refractivity contribution in [3.05, 3.63) is 27.2 Å². The van der Waals surface area contributed by atoms with Gasteiger partial charge in [-0.3, -0.25) is 4.79 Å². The molecule has 0 saturated heterocycles. The Morgan fingerprint density at radius 2 is 2.21 bits per heavy atom. The van der Waals surface area contributed by atoms with Crippen molar-refractivity contribution in [1.82, 2.24) is 20.3 Å². The lowest BCUT2D eigenvalue weighted by atomic mass is 9.90. The van der Waals surface area contributed by atoms with Crippen molar-refractivity contribution in [3.63, 3.8) is 0 Å². The molecule has 8 heteroatoms. The van der Waals surface area contributed by atoms with Gasteiger partial charge in [-0.15, -0.1) is 11.3 Å². The van der Waals surface area contributed by atoms with Crippen molar-refractivity contribution in [2.24, 2.45) is 5.92 Å². The first kappa shape index (κ1) is 16.6. The van der Waals surface area contributed by atoms with Gasteiger partial charge in [0.1, 0.15) is 0 Å². The maximum atomic E-state index is 12.4. The average molecular weight is 346 g/mol. The summed E-state index contributed by atoms with van der Waals surface area (Å²) < 4.78 is 0. The number of anilines is 2. The molecule has 1 aliphatic rings. The van der Waals surface area contributed by atoms with Crippen molar-refractivity contribution in [3.8, 4) is 0 Å². The monoisotopic (exact) mass is 346 g/mol. The number of nitrogens with two attached hydrogens (primary N) is 1. The van der Waals surface area contributed by atoms with Gasteiger partial charge in [0, 0.05) is 19.0 Å². The molecular weight excluding hydrogens is 324 g/mol. The highest BCUT2D eigenvalue weighted by Crippen LogP contribution is 2.32. The Morgan fingerprint density at radius 1 is 1.42 bits per heavy atom. The average Bonchev–Trinajstić information content (AvgIpc) is 2.95. The number of amides is 1. The van der Waals surface area contributed by atoms with Crippen molar-refractivity contribution >= 4 is 29.1 Å². The predicted octanol–water partition coefficient (Wildman–Crippen LogP) is 1.64. The number of rotatable bonds is 4. The number of nitrogens with one attached hydrogen (secondary N) is 1. The van der Waals surface area contributed by atoms with Gasteiger partial charge in [-0.1, -0.05) is 6.92 Å². The van der Waals surface area contributed by atoms with E-state index in [0.717, 1.165) is 17.7 Å². The quantitative estimate of drug-likeness (QED) is 0.873. The van der Waals surface area contributed by atoms with Crippen LogP contribution in [-0.2, 0) is 19.4 Å². The smallest absolute Gasteiger partial charge is 0.261 e. The van der Waals surface area contributed by atoms with Gasteiger partial charge in [-0.25, -0.2) is 0 Å².